The van der Waals surface area contributed by atoms with Gasteiger partial charge >= 0.3 is 0 Å². The van der Waals surface area contributed by atoms with Gasteiger partial charge in [0.2, 0.25) is 5.91 Å². The maximum Gasteiger partial charge on any atom is 0.226 e. The van der Waals surface area contributed by atoms with Gasteiger partial charge in [-0.2, -0.15) is 0 Å². The van der Waals surface area contributed by atoms with Crippen molar-refractivity contribution >= 4 is 21.4 Å². The summed E-state index contributed by atoms with van der Waals surface area (Å²) in [6.45, 7) is 1.03. The topological polar surface area (TPSA) is 89.7 Å². The zero-order chi connectivity index (χ0) is 15.3. The standard InChI is InChI=1S/C14H20N2O4S/c15-12-3-1-4-13(11-12)20-8-5-14(17)16-6-2-9-21(18,19)10-7-16/h1,3-4,11H,2,5-10,15H2. The number of nitrogens with zero attached hydrogens (tertiary/aromatic N) is 1. The fourth-order valence-electron chi connectivity index (χ4n) is 2.21. The maximum absolute atomic E-state index is 12.0. The average molecular weight is 312 g/mol. The van der Waals surface area contributed by atoms with Crippen LogP contribution in [0.2, 0.25) is 0 Å². The SMILES string of the molecule is Nc1cccc(OCCC(=O)N2CCCS(=O)(=O)CC2)c1. The quantitative estimate of drug-likeness (QED) is 0.826. The normalized spacial score (nSPS) is 18.0. The minimum Gasteiger partial charge on any atom is -0.493 e. The number of hydrogen-bond donors (Lipinski definition) is 1. The third-order valence-corrected chi connectivity index (χ3v) is 5.07. The Morgan fingerprint density at radius 1 is 1.29 bits per heavy atom. The lowest BCUT2D eigenvalue weighted by Gasteiger charge is -2.19. The van der Waals surface area contributed by atoms with Gasteiger partial charge in [0, 0.05) is 24.8 Å². The molecular weight excluding hydrogens is 292 g/mol. The Labute approximate surface area is 124 Å². The van der Waals surface area contributed by atoms with Gasteiger partial charge in [-0.3, -0.25) is 4.79 Å². The second-order valence-corrected chi connectivity index (χ2v) is 7.36. The maximum atomic E-state index is 12.0. The molecule has 0 spiro atoms. The van der Waals surface area contributed by atoms with E-state index in [-0.39, 0.29) is 37.0 Å². The highest BCUT2D eigenvalue weighted by molar-refractivity contribution is 7.91. The van der Waals surface area contributed by atoms with Gasteiger partial charge < -0.3 is 15.4 Å². The molecule has 1 amide bonds. The molecule has 1 aliphatic heterocycles. The molecule has 2 rings (SSSR count). The smallest absolute Gasteiger partial charge is 0.226 e. The van der Waals surface area contributed by atoms with Gasteiger partial charge in [-0.25, -0.2) is 8.42 Å². The molecule has 0 aliphatic carbocycles. The summed E-state index contributed by atoms with van der Waals surface area (Å²) in [4.78, 5) is 13.6. The van der Waals surface area contributed by atoms with Crippen LogP contribution in [0, 0.1) is 0 Å². The average Bonchev–Trinajstić information content (AvgIpc) is 2.60. The van der Waals surface area contributed by atoms with E-state index in [0.29, 0.717) is 24.4 Å². The molecular formula is C14H20N2O4S. The van der Waals surface area contributed by atoms with E-state index in [1.54, 1.807) is 29.2 Å². The third-order valence-electron chi connectivity index (χ3n) is 3.35. The van der Waals surface area contributed by atoms with Crippen molar-refractivity contribution in [3.8, 4) is 5.75 Å². The molecule has 1 aromatic rings. The number of benzene rings is 1. The monoisotopic (exact) mass is 312 g/mol. The Hall–Kier alpha value is -1.76. The summed E-state index contributed by atoms with van der Waals surface area (Å²) < 4.78 is 28.5. The Morgan fingerprint density at radius 3 is 2.86 bits per heavy atom. The van der Waals surface area contributed by atoms with Crippen LogP contribution in [0.25, 0.3) is 0 Å². The van der Waals surface area contributed by atoms with Gasteiger partial charge in [0.05, 0.1) is 24.5 Å². The van der Waals surface area contributed by atoms with Crippen LogP contribution in [0.3, 0.4) is 0 Å². The first-order valence-electron chi connectivity index (χ1n) is 6.93. The summed E-state index contributed by atoms with van der Waals surface area (Å²) in [5, 5.41) is 0. The Morgan fingerprint density at radius 2 is 2.10 bits per heavy atom. The molecule has 7 heteroatoms. The largest absolute Gasteiger partial charge is 0.493 e. The molecule has 0 atom stereocenters. The number of sulfone groups is 1. The van der Waals surface area contributed by atoms with E-state index in [1.807, 2.05) is 0 Å². The van der Waals surface area contributed by atoms with Crippen LogP contribution in [0.4, 0.5) is 5.69 Å². The van der Waals surface area contributed by atoms with Crippen molar-refractivity contribution in [2.45, 2.75) is 12.8 Å². The first-order valence-corrected chi connectivity index (χ1v) is 8.75. The van der Waals surface area contributed by atoms with E-state index in [4.69, 9.17) is 10.5 Å². The minimum absolute atomic E-state index is 0.0504. The zero-order valence-electron chi connectivity index (χ0n) is 11.8. The number of anilines is 1. The first kappa shape index (κ1) is 15.6. The molecule has 0 unspecified atom stereocenters. The van der Waals surface area contributed by atoms with Gasteiger partial charge in [-0.05, 0) is 18.6 Å². The summed E-state index contributed by atoms with van der Waals surface area (Å²) in [7, 11) is -2.99. The van der Waals surface area contributed by atoms with Crippen molar-refractivity contribution < 1.29 is 17.9 Å². The highest BCUT2D eigenvalue weighted by Crippen LogP contribution is 2.15. The molecule has 0 bridgehead atoms. The molecule has 116 valence electrons. The fourth-order valence-corrected chi connectivity index (χ4v) is 3.48. The number of carbonyl (C=O) groups excluding carboxylic acids is 1. The Bertz CT molecular complexity index is 601. The molecule has 21 heavy (non-hydrogen) atoms. The molecule has 1 aromatic carbocycles. The highest BCUT2D eigenvalue weighted by atomic mass is 32.2. The molecule has 1 aliphatic rings. The zero-order valence-corrected chi connectivity index (χ0v) is 12.6. The summed E-state index contributed by atoms with van der Waals surface area (Å²) >= 11 is 0. The number of ether oxygens (including phenoxy) is 1. The molecule has 2 N–H and O–H groups in total. The van der Waals surface area contributed by atoms with Crippen LogP contribution in [0.1, 0.15) is 12.8 Å². The van der Waals surface area contributed by atoms with Crippen LogP contribution in [-0.4, -0.2) is 50.4 Å². The molecule has 0 radical (unpaired) electrons. The van der Waals surface area contributed by atoms with E-state index in [0.717, 1.165) is 0 Å². The number of hydrogen-bond acceptors (Lipinski definition) is 5. The summed E-state index contributed by atoms with van der Waals surface area (Å²) in [6, 6.07) is 7.02. The minimum atomic E-state index is -2.99. The number of nitrogens with two attached hydrogens (primary N) is 1. The van der Waals surface area contributed by atoms with Crippen LogP contribution >= 0.6 is 0 Å². The number of nitrogen functional groups attached to an aromatic ring is 1. The lowest BCUT2D eigenvalue weighted by atomic mass is 10.3. The summed E-state index contributed by atoms with van der Waals surface area (Å²) in [5.41, 5.74) is 6.25. The lowest BCUT2D eigenvalue weighted by Crippen LogP contribution is -2.34. The van der Waals surface area contributed by atoms with Crippen molar-refractivity contribution in [1.82, 2.24) is 4.90 Å². The van der Waals surface area contributed by atoms with Gasteiger partial charge in [-0.15, -0.1) is 0 Å². The van der Waals surface area contributed by atoms with Crippen LogP contribution in [-0.2, 0) is 14.6 Å². The molecule has 1 fully saturated rings. The number of rotatable bonds is 4. The summed E-state index contributed by atoms with van der Waals surface area (Å²) in [6.07, 6.45) is 0.735. The molecule has 1 saturated heterocycles. The van der Waals surface area contributed by atoms with E-state index < -0.39 is 9.84 Å². The highest BCUT2D eigenvalue weighted by Gasteiger charge is 2.22. The van der Waals surface area contributed by atoms with E-state index in [1.165, 1.54) is 0 Å². The second kappa shape index (κ2) is 6.80. The van der Waals surface area contributed by atoms with E-state index in [2.05, 4.69) is 0 Å². The van der Waals surface area contributed by atoms with Gasteiger partial charge in [0.25, 0.3) is 0 Å². The number of amides is 1. The van der Waals surface area contributed by atoms with Gasteiger partial charge in [-0.1, -0.05) is 6.07 Å². The molecule has 0 aromatic heterocycles. The summed E-state index contributed by atoms with van der Waals surface area (Å²) in [5.74, 6) is 0.767. The van der Waals surface area contributed by atoms with Crippen LogP contribution in [0.5, 0.6) is 5.75 Å². The van der Waals surface area contributed by atoms with Crippen molar-refractivity contribution in [2.24, 2.45) is 0 Å². The van der Waals surface area contributed by atoms with E-state index in [9.17, 15) is 13.2 Å². The van der Waals surface area contributed by atoms with Crippen molar-refractivity contribution in [3.05, 3.63) is 24.3 Å². The van der Waals surface area contributed by atoms with Crippen molar-refractivity contribution in [1.29, 1.82) is 0 Å². The Kier molecular flexibility index (Phi) is 5.06. The van der Waals surface area contributed by atoms with Gasteiger partial charge in [0.1, 0.15) is 5.75 Å². The van der Waals surface area contributed by atoms with Crippen molar-refractivity contribution in [3.63, 3.8) is 0 Å². The second-order valence-electron chi connectivity index (χ2n) is 5.06. The lowest BCUT2D eigenvalue weighted by molar-refractivity contribution is -0.131. The van der Waals surface area contributed by atoms with Gasteiger partial charge in [0.15, 0.2) is 9.84 Å². The fraction of sp³-hybridized carbons (Fsp3) is 0.500. The van der Waals surface area contributed by atoms with Crippen molar-refractivity contribution in [2.75, 3.05) is 36.9 Å². The molecule has 1 heterocycles. The number of carbonyl (C=O) groups is 1. The first-order chi connectivity index (χ1) is 9.96. The predicted molar refractivity (Wildman–Crippen MR) is 80.8 cm³/mol. The molecule has 0 saturated carbocycles. The van der Waals surface area contributed by atoms with Crippen LogP contribution in [0.15, 0.2) is 24.3 Å². The van der Waals surface area contributed by atoms with E-state index >= 15 is 0 Å². The molecule has 6 nitrogen and oxygen atoms in total. The third kappa shape index (κ3) is 4.93. The Balaban J connectivity index is 1.79. The van der Waals surface area contributed by atoms with Crippen LogP contribution < -0.4 is 10.5 Å². The predicted octanol–water partition coefficient (Wildman–Crippen LogP) is 0.685.